The number of aryl methyl sites for hydroxylation is 1. The third-order valence-electron chi connectivity index (χ3n) is 3.58. The standard InChI is InChI=1S/C11H16N4O/c1-14-10-7-15(8-3-2-4-12-5-8)11(16)9(10)6-13-14/h6,8,12H,2-5,7H2,1H3. The van der Waals surface area contributed by atoms with Gasteiger partial charge in [0.15, 0.2) is 0 Å². The minimum Gasteiger partial charge on any atom is -0.328 e. The summed E-state index contributed by atoms with van der Waals surface area (Å²) in [4.78, 5) is 14.1. The third-order valence-corrected chi connectivity index (χ3v) is 3.58. The smallest absolute Gasteiger partial charge is 0.258 e. The van der Waals surface area contributed by atoms with Crippen LogP contribution >= 0.6 is 0 Å². The molecule has 0 radical (unpaired) electrons. The van der Waals surface area contributed by atoms with Crippen molar-refractivity contribution in [1.29, 1.82) is 0 Å². The van der Waals surface area contributed by atoms with Gasteiger partial charge in [-0.05, 0) is 19.4 Å². The van der Waals surface area contributed by atoms with Crippen molar-refractivity contribution in [3.63, 3.8) is 0 Å². The average Bonchev–Trinajstić information content (AvgIpc) is 2.83. The number of aromatic nitrogens is 2. The van der Waals surface area contributed by atoms with E-state index in [0.717, 1.165) is 43.7 Å². The Balaban J connectivity index is 1.83. The number of nitrogens with zero attached hydrogens (tertiary/aromatic N) is 3. The Morgan fingerprint density at radius 2 is 2.44 bits per heavy atom. The summed E-state index contributed by atoms with van der Waals surface area (Å²) in [6.07, 6.45) is 3.96. The molecule has 2 aliphatic heterocycles. The van der Waals surface area contributed by atoms with E-state index in [1.54, 1.807) is 6.20 Å². The third kappa shape index (κ3) is 1.35. The maximum absolute atomic E-state index is 12.2. The van der Waals surface area contributed by atoms with Crippen LogP contribution in [0.4, 0.5) is 0 Å². The summed E-state index contributed by atoms with van der Waals surface area (Å²) in [6, 6.07) is 0.355. The Morgan fingerprint density at radius 1 is 1.56 bits per heavy atom. The maximum atomic E-state index is 12.2. The zero-order valence-corrected chi connectivity index (χ0v) is 9.44. The first kappa shape index (κ1) is 9.84. The summed E-state index contributed by atoms with van der Waals surface area (Å²) >= 11 is 0. The second-order valence-electron chi connectivity index (χ2n) is 4.56. The van der Waals surface area contributed by atoms with Gasteiger partial charge in [0.2, 0.25) is 0 Å². The van der Waals surface area contributed by atoms with Crippen molar-refractivity contribution >= 4 is 5.91 Å². The Bertz CT molecular complexity index is 420. The molecule has 0 bridgehead atoms. The van der Waals surface area contributed by atoms with Gasteiger partial charge >= 0.3 is 0 Å². The van der Waals surface area contributed by atoms with Gasteiger partial charge < -0.3 is 10.2 Å². The number of carbonyl (C=O) groups is 1. The number of hydrogen-bond acceptors (Lipinski definition) is 3. The Morgan fingerprint density at radius 3 is 3.12 bits per heavy atom. The predicted molar refractivity (Wildman–Crippen MR) is 59.0 cm³/mol. The van der Waals surface area contributed by atoms with E-state index in [4.69, 9.17) is 0 Å². The summed E-state index contributed by atoms with van der Waals surface area (Å²) < 4.78 is 1.81. The van der Waals surface area contributed by atoms with E-state index < -0.39 is 0 Å². The second-order valence-corrected chi connectivity index (χ2v) is 4.56. The molecule has 0 spiro atoms. The molecule has 1 unspecified atom stereocenters. The SMILES string of the molecule is Cn1ncc2c1CN(C1CCCNC1)C2=O. The van der Waals surface area contributed by atoms with E-state index >= 15 is 0 Å². The lowest BCUT2D eigenvalue weighted by atomic mass is 10.1. The number of nitrogens with one attached hydrogen (secondary N) is 1. The lowest BCUT2D eigenvalue weighted by molar-refractivity contribution is 0.0671. The minimum atomic E-state index is 0.150. The topological polar surface area (TPSA) is 50.2 Å². The van der Waals surface area contributed by atoms with E-state index in [0.29, 0.717) is 6.04 Å². The van der Waals surface area contributed by atoms with Gasteiger partial charge in [0, 0.05) is 19.6 Å². The summed E-state index contributed by atoms with van der Waals surface area (Å²) in [5, 5.41) is 7.47. The van der Waals surface area contributed by atoms with Crippen LogP contribution < -0.4 is 5.32 Å². The monoisotopic (exact) mass is 220 g/mol. The van der Waals surface area contributed by atoms with Crippen molar-refractivity contribution < 1.29 is 4.79 Å². The molecular formula is C11H16N4O. The Kier molecular flexibility index (Phi) is 2.21. The van der Waals surface area contributed by atoms with Crippen LogP contribution in [0.2, 0.25) is 0 Å². The van der Waals surface area contributed by atoms with Crippen molar-refractivity contribution in [2.75, 3.05) is 13.1 Å². The summed E-state index contributed by atoms with van der Waals surface area (Å²) in [5.74, 6) is 0.150. The molecule has 1 atom stereocenters. The van der Waals surface area contributed by atoms with E-state index in [-0.39, 0.29) is 5.91 Å². The first-order chi connectivity index (χ1) is 7.77. The molecule has 1 aromatic rings. The van der Waals surface area contributed by atoms with Crippen LogP contribution in [0.25, 0.3) is 0 Å². The van der Waals surface area contributed by atoms with Crippen molar-refractivity contribution in [1.82, 2.24) is 20.0 Å². The lowest BCUT2D eigenvalue weighted by Crippen LogP contribution is -2.46. The molecule has 16 heavy (non-hydrogen) atoms. The highest BCUT2D eigenvalue weighted by Gasteiger charge is 2.35. The second kappa shape index (κ2) is 3.59. The lowest BCUT2D eigenvalue weighted by Gasteiger charge is -2.31. The fraction of sp³-hybridized carbons (Fsp3) is 0.636. The van der Waals surface area contributed by atoms with Crippen molar-refractivity contribution in [2.45, 2.75) is 25.4 Å². The highest BCUT2D eigenvalue weighted by molar-refractivity contribution is 5.97. The molecule has 3 rings (SSSR count). The van der Waals surface area contributed by atoms with Crippen molar-refractivity contribution in [2.24, 2.45) is 7.05 Å². The fourth-order valence-corrected chi connectivity index (χ4v) is 2.61. The molecule has 2 aliphatic rings. The summed E-state index contributed by atoms with van der Waals surface area (Å²) in [7, 11) is 1.90. The Hall–Kier alpha value is -1.36. The highest BCUT2D eigenvalue weighted by Crippen LogP contribution is 2.25. The number of piperidine rings is 1. The predicted octanol–water partition coefficient (Wildman–Crippen LogP) is 0.128. The van der Waals surface area contributed by atoms with E-state index in [2.05, 4.69) is 10.4 Å². The van der Waals surface area contributed by atoms with Gasteiger partial charge in [0.25, 0.3) is 5.91 Å². The van der Waals surface area contributed by atoms with Gasteiger partial charge in [-0.2, -0.15) is 5.10 Å². The van der Waals surface area contributed by atoms with Gasteiger partial charge in [-0.25, -0.2) is 0 Å². The Labute approximate surface area is 94.4 Å². The van der Waals surface area contributed by atoms with Crippen molar-refractivity contribution in [3.8, 4) is 0 Å². The number of rotatable bonds is 1. The molecule has 1 fully saturated rings. The van der Waals surface area contributed by atoms with E-state index in [1.807, 2.05) is 16.6 Å². The molecule has 5 heteroatoms. The van der Waals surface area contributed by atoms with Crippen LogP contribution in [-0.2, 0) is 13.6 Å². The van der Waals surface area contributed by atoms with Crippen LogP contribution in [0.3, 0.4) is 0 Å². The fourth-order valence-electron chi connectivity index (χ4n) is 2.61. The average molecular weight is 220 g/mol. The van der Waals surface area contributed by atoms with Gasteiger partial charge in [-0.3, -0.25) is 9.48 Å². The van der Waals surface area contributed by atoms with E-state index in [1.165, 1.54) is 0 Å². The van der Waals surface area contributed by atoms with Crippen molar-refractivity contribution in [3.05, 3.63) is 17.5 Å². The zero-order chi connectivity index (χ0) is 11.1. The maximum Gasteiger partial charge on any atom is 0.258 e. The molecule has 1 amide bonds. The van der Waals surface area contributed by atoms with Crippen LogP contribution in [0.5, 0.6) is 0 Å². The van der Waals surface area contributed by atoms with Crippen LogP contribution in [0, 0.1) is 0 Å². The first-order valence-corrected chi connectivity index (χ1v) is 5.80. The van der Waals surface area contributed by atoms with Crippen LogP contribution in [0.15, 0.2) is 6.20 Å². The molecule has 1 aromatic heterocycles. The number of fused-ring (bicyclic) bond motifs is 1. The highest BCUT2D eigenvalue weighted by atomic mass is 16.2. The molecule has 1 saturated heterocycles. The van der Waals surface area contributed by atoms with E-state index in [9.17, 15) is 4.79 Å². The molecule has 0 aliphatic carbocycles. The first-order valence-electron chi connectivity index (χ1n) is 5.80. The number of carbonyl (C=O) groups excluding carboxylic acids is 1. The van der Waals surface area contributed by atoms with Crippen LogP contribution in [-0.4, -0.2) is 39.7 Å². The largest absolute Gasteiger partial charge is 0.328 e. The van der Waals surface area contributed by atoms with Gasteiger partial charge in [-0.15, -0.1) is 0 Å². The molecule has 5 nitrogen and oxygen atoms in total. The molecule has 1 N–H and O–H groups in total. The molecule has 86 valence electrons. The molecule has 3 heterocycles. The van der Waals surface area contributed by atoms with Gasteiger partial charge in [-0.1, -0.05) is 0 Å². The van der Waals surface area contributed by atoms with Gasteiger partial charge in [0.1, 0.15) is 0 Å². The quantitative estimate of drug-likeness (QED) is 0.732. The zero-order valence-electron chi connectivity index (χ0n) is 9.44. The molecule has 0 aromatic carbocycles. The van der Waals surface area contributed by atoms with Crippen LogP contribution in [0.1, 0.15) is 28.9 Å². The number of amides is 1. The minimum absolute atomic E-state index is 0.150. The molecule has 0 saturated carbocycles. The number of hydrogen-bond donors (Lipinski definition) is 1. The summed E-state index contributed by atoms with van der Waals surface area (Å²) in [5.41, 5.74) is 1.84. The summed E-state index contributed by atoms with van der Waals surface area (Å²) in [6.45, 7) is 2.72. The van der Waals surface area contributed by atoms with Gasteiger partial charge in [0.05, 0.1) is 24.0 Å². The normalized spacial score (nSPS) is 24.9. The molecular weight excluding hydrogens is 204 g/mol.